The van der Waals surface area contributed by atoms with Gasteiger partial charge in [-0.3, -0.25) is 0 Å². The highest BCUT2D eigenvalue weighted by molar-refractivity contribution is 5.53. The lowest BCUT2D eigenvalue weighted by Crippen LogP contribution is -2.19. The second-order valence-corrected chi connectivity index (χ2v) is 3.82. The molecule has 0 amide bonds. The van der Waals surface area contributed by atoms with Crippen LogP contribution in [0.15, 0.2) is 12.1 Å². The van der Waals surface area contributed by atoms with Crippen LogP contribution in [-0.2, 0) is 5.54 Å². The second-order valence-electron chi connectivity index (χ2n) is 3.82. The lowest BCUT2D eigenvalue weighted by Gasteiger charge is -2.11. The highest BCUT2D eigenvalue weighted by Gasteiger charge is 2.44. The third kappa shape index (κ3) is 0.944. The van der Waals surface area contributed by atoms with E-state index in [9.17, 15) is 4.39 Å². The quantitative estimate of drug-likeness (QED) is 0.738. The summed E-state index contributed by atoms with van der Waals surface area (Å²) in [7, 11) is 0. The van der Waals surface area contributed by atoms with Gasteiger partial charge in [0, 0.05) is 11.1 Å². The first-order valence-corrected chi connectivity index (χ1v) is 4.58. The van der Waals surface area contributed by atoms with Gasteiger partial charge in [0.05, 0.1) is 0 Å². The Bertz CT molecular complexity index is 401. The van der Waals surface area contributed by atoms with Crippen molar-refractivity contribution in [3.8, 4) is 11.5 Å². The van der Waals surface area contributed by atoms with E-state index in [1.165, 1.54) is 6.07 Å². The molecule has 4 heteroatoms. The van der Waals surface area contributed by atoms with Crippen molar-refractivity contribution in [2.75, 3.05) is 6.79 Å². The molecule has 0 aromatic heterocycles. The first-order chi connectivity index (χ1) is 6.71. The molecule has 2 aliphatic rings. The minimum absolute atomic E-state index is 0.0827. The molecule has 1 heterocycles. The van der Waals surface area contributed by atoms with Crippen LogP contribution in [0, 0.1) is 5.82 Å². The van der Waals surface area contributed by atoms with Gasteiger partial charge in [-0.25, -0.2) is 4.39 Å². The van der Waals surface area contributed by atoms with E-state index >= 15 is 0 Å². The van der Waals surface area contributed by atoms with Crippen LogP contribution in [0.25, 0.3) is 0 Å². The fraction of sp³-hybridized carbons (Fsp3) is 0.400. The molecule has 1 aromatic carbocycles. The van der Waals surface area contributed by atoms with Crippen LogP contribution in [-0.4, -0.2) is 6.79 Å². The molecule has 1 aromatic rings. The number of nitrogens with two attached hydrogens (primary N) is 1. The molecule has 0 spiro atoms. The average molecular weight is 195 g/mol. The van der Waals surface area contributed by atoms with E-state index in [2.05, 4.69) is 0 Å². The van der Waals surface area contributed by atoms with Gasteiger partial charge in [-0.2, -0.15) is 0 Å². The second kappa shape index (κ2) is 2.39. The maximum absolute atomic E-state index is 13.2. The Morgan fingerprint density at radius 3 is 2.64 bits per heavy atom. The van der Waals surface area contributed by atoms with Gasteiger partial charge in [-0.15, -0.1) is 0 Å². The molecule has 1 fully saturated rings. The van der Waals surface area contributed by atoms with E-state index in [1.807, 2.05) is 0 Å². The molecule has 3 rings (SSSR count). The Balaban J connectivity index is 2.18. The molecular weight excluding hydrogens is 185 g/mol. The third-order valence-corrected chi connectivity index (χ3v) is 2.80. The number of fused-ring (bicyclic) bond motifs is 1. The van der Waals surface area contributed by atoms with Crippen LogP contribution in [0.4, 0.5) is 4.39 Å². The standard InChI is InChI=1S/C10H10FNO2/c11-7-2-1-6(10(12)3-4-10)8-9(7)14-5-13-8/h1-2H,3-5,12H2. The smallest absolute Gasteiger partial charge is 0.231 e. The first-order valence-electron chi connectivity index (χ1n) is 4.58. The van der Waals surface area contributed by atoms with Crippen molar-refractivity contribution < 1.29 is 13.9 Å². The van der Waals surface area contributed by atoms with Crippen LogP contribution in [0.5, 0.6) is 11.5 Å². The summed E-state index contributed by atoms with van der Waals surface area (Å²) in [6, 6.07) is 3.08. The molecule has 0 bridgehead atoms. The minimum atomic E-state index is -0.384. The maximum Gasteiger partial charge on any atom is 0.231 e. The van der Waals surface area contributed by atoms with E-state index in [0.29, 0.717) is 5.75 Å². The van der Waals surface area contributed by atoms with E-state index in [1.54, 1.807) is 6.07 Å². The normalized spacial score (nSPS) is 21.0. The number of ether oxygens (including phenoxy) is 2. The fourth-order valence-corrected chi connectivity index (χ4v) is 1.76. The molecule has 1 aliphatic carbocycles. The monoisotopic (exact) mass is 195 g/mol. The lowest BCUT2D eigenvalue weighted by molar-refractivity contribution is 0.170. The van der Waals surface area contributed by atoms with Crippen molar-refractivity contribution in [2.24, 2.45) is 5.73 Å². The Labute approximate surface area is 80.6 Å². The summed E-state index contributed by atoms with van der Waals surface area (Å²) in [4.78, 5) is 0. The van der Waals surface area contributed by atoms with Gasteiger partial charge in [0.2, 0.25) is 12.5 Å². The van der Waals surface area contributed by atoms with Gasteiger partial charge in [0.1, 0.15) is 0 Å². The SMILES string of the molecule is NC1(c2ccc(F)c3c2OCO3)CC1. The number of rotatable bonds is 1. The van der Waals surface area contributed by atoms with Crippen LogP contribution < -0.4 is 15.2 Å². The van der Waals surface area contributed by atoms with E-state index in [4.69, 9.17) is 15.2 Å². The van der Waals surface area contributed by atoms with Crippen LogP contribution in [0.1, 0.15) is 18.4 Å². The molecule has 1 saturated carbocycles. The number of hydrogen-bond acceptors (Lipinski definition) is 3. The summed E-state index contributed by atoms with van der Waals surface area (Å²) in [6.07, 6.45) is 1.85. The third-order valence-electron chi connectivity index (χ3n) is 2.80. The Morgan fingerprint density at radius 1 is 1.21 bits per heavy atom. The molecule has 0 unspecified atom stereocenters. The van der Waals surface area contributed by atoms with Gasteiger partial charge in [0.25, 0.3) is 0 Å². The first kappa shape index (κ1) is 8.05. The topological polar surface area (TPSA) is 44.5 Å². The Hall–Kier alpha value is -1.29. The van der Waals surface area contributed by atoms with E-state index in [-0.39, 0.29) is 23.9 Å². The van der Waals surface area contributed by atoms with Gasteiger partial charge in [-0.05, 0) is 18.9 Å². The van der Waals surface area contributed by atoms with Gasteiger partial charge in [-0.1, -0.05) is 6.07 Å². The van der Waals surface area contributed by atoms with E-state index in [0.717, 1.165) is 18.4 Å². The summed E-state index contributed by atoms with van der Waals surface area (Å²) in [5.74, 6) is 0.315. The van der Waals surface area contributed by atoms with Crippen molar-refractivity contribution in [3.63, 3.8) is 0 Å². The van der Waals surface area contributed by atoms with Gasteiger partial charge < -0.3 is 15.2 Å². The zero-order valence-electron chi connectivity index (χ0n) is 7.55. The van der Waals surface area contributed by atoms with Crippen LogP contribution >= 0.6 is 0 Å². The molecule has 3 nitrogen and oxygen atoms in total. The zero-order chi connectivity index (χ0) is 9.76. The number of halogens is 1. The molecule has 0 saturated heterocycles. The van der Waals surface area contributed by atoms with Crippen molar-refractivity contribution in [3.05, 3.63) is 23.5 Å². The van der Waals surface area contributed by atoms with Crippen molar-refractivity contribution in [1.82, 2.24) is 0 Å². The highest BCUT2D eigenvalue weighted by atomic mass is 19.1. The van der Waals surface area contributed by atoms with Crippen molar-refractivity contribution in [2.45, 2.75) is 18.4 Å². The highest BCUT2D eigenvalue weighted by Crippen LogP contribution is 2.51. The maximum atomic E-state index is 13.2. The molecule has 0 atom stereocenters. The molecule has 74 valence electrons. The Kier molecular flexibility index (Phi) is 1.37. The minimum Gasteiger partial charge on any atom is -0.453 e. The number of hydrogen-bond donors (Lipinski definition) is 1. The van der Waals surface area contributed by atoms with Crippen LogP contribution in [0.2, 0.25) is 0 Å². The van der Waals surface area contributed by atoms with Crippen LogP contribution in [0.3, 0.4) is 0 Å². The zero-order valence-corrected chi connectivity index (χ0v) is 7.55. The number of benzene rings is 1. The molecule has 2 N–H and O–H groups in total. The summed E-state index contributed by atoms with van der Waals surface area (Å²) >= 11 is 0. The molecule has 14 heavy (non-hydrogen) atoms. The summed E-state index contributed by atoms with van der Waals surface area (Å²) in [5.41, 5.74) is 6.59. The van der Waals surface area contributed by atoms with Crippen molar-refractivity contribution in [1.29, 1.82) is 0 Å². The van der Waals surface area contributed by atoms with E-state index < -0.39 is 0 Å². The van der Waals surface area contributed by atoms with Gasteiger partial charge in [0.15, 0.2) is 11.6 Å². The largest absolute Gasteiger partial charge is 0.453 e. The molecule has 1 aliphatic heterocycles. The molecule has 0 radical (unpaired) electrons. The van der Waals surface area contributed by atoms with Gasteiger partial charge >= 0.3 is 0 Å². The predicted octanol–water partition coefficient (Wildman–Crippen LogP) is 1.50. The average Bonchev–Trinajstić information content (AvgIpc) is 2.74. The summed E-state index contributed by atoms with van der Waals surface area (Å²) in [5, 5.41) is 0. The summed E-state index contributed by atoms with van der Waals surface area (Å²) < 4.78 is 23.5. The van der Waals surface area contributed by atoms with Crippen molar-refractivity contribution >= 4 is 0 Å². The lowest BCUT2D eigenvalue weighted by atomic mass is 10.0. The molecular formula is C10H10FNO2. The Morgan fingerprint density at radius 2 is 1.93 bits per heavy atom. The summed E-state index contributed by atoms with van der Waals surface area (Å²) in [6.45, 7) is 0.0827. The fourth-order valence-electron chi connectivity index (χ4n) is 1.76. The predicted molar refractivity (Wildman–Crippen MR) is 47.6 cm³/mol.